The zero-order chi connectivity index (χ0) is 9.45. The maximum Gasteiger partial charge on any atom is 0.0952 e. The van der Waals surface area contributed by atoms with Gasteiger partial charge >= 0.3 is 0 Å². The van der Waals surface area contributed by atoms with Crippen molar-refractivity contribution in [3.05, 3.63) is 0 Å². The van der Waals surface area contributed by atoms with Crippen molar-refractivity contribution in [1.82, 2.24) is 0 Å². The minimum Gasteiger partial charge on any atom is -0.235 e. The smallest absolute Gasteiger partial charge is 0.0952 e. The van der Waals surface area contributed by atoms with Crippen LogP contribution in [0.15, 0.2) is 0 Å². The molecule has 0 bridgehead atoms. The fourth-order valence-electron chi connectivity index (χ4n) is 0.525. The molecule has 0 N–H and O–H groups in total. The Kier molecular flexibility index (Phi) is 5.79. The average molecular weight is 170 g/mol. The molecule has 0 aliphatic rings. The third-order valence-electron chi connectivity index (χ3n) is 0.921. The Labute approximate surface area is 75.2 Å². The lowest BCUT2D eigenvalue weighted by atomic mass is 10.2. The van der Waals surface area contributed by atoms with Gasteiger partial charge in [0, 0.05) is 12.8 Å². The summed E-state index contributed by atoms with van der Waals surface area (Å²) in [7, 11) is 0. The summed E-state index contributed by atoms with van der Waals surface area (Å²) in [5.41, 5.74) is -0.224. The van der Waals surface area contributed by atoms with Gasteiger partial charge in [-0.1, -0.05) is 6.92 Å². The van der Waals surface area contributed by atoms with E-state index in [4.69, 9.17) is 9.78 Å². The van der Waals surface area contributed by atoms with Crippen LogP contribution < -0.4 is 0 Å². The van der Waals surface area contributed by atoms with Gasteiger partial charge in [0.05, 0.1) is 12.2 Å². The molecule has 0 amide bonds. The first kappa shape index (κ1) is 11.5. The lowest BCUT2D eigenvalue weighted by Gasteiger charge is -2.16. The maximum atomic E-state index is 5.04. The van der Waals surface area contributed by atoms with Crippen molar-refractivity contribution in [2.24, 2.45) is 0 Å². The Morgan fingerprint density at radius 1 is 1.17 bits per heavy atom. The number of hydrogen-bond donors (Lipinski definition) is 0. The second-order valence-electron chi connectivity index (χ2n) is 3.47. The quantitative estimate of drug-likeness (QED) is 0.280. The lowest BCUT2D eigenvalue weighted by Crippen LogP contribution is -2.19. The lowest BCUT2D eigenvalue weighted by molar-refractivity contribution is -0.347. The Hall–Kier alpha value is -0.520. The summed E-state index contributed by atoms with van der Waals surface area (Å²) < 4.78 is 0. The van der Waals surface area contributed by atoms with E-state index < -0.39 is 0 Å². The van der Waals surface area contributed by atoms with Gasteiger partial charge in [0.25, 0.3) is 0 Å². The van der Waals surface area contributed by atoms with E-state index in [9.17, 15) is 0 Å². The summed E-state index contributed by atoms with van der Waals surface area (Å²) in [5, 5.41) is 0. The summed E-state index contributed by atoms with van der Waals surface area (Å²) in [6, 6.07) is 0. The summed E-state index contributed by atoms with van der Waals surface area (Å²) in [6.07, 6.45) is 1.64. The van der Waals surface area contributed by atoms with E-state index in [-0.39, 0.29) is 5.60 Å². The zero-order valence-corrected chi connectivity index (χ0v) is 8.44. The van der Waals surface area contributed by atoms with E-state index in [2.05, 4.69) is 11.8 Å². The molecule has 0 aromatic heterocycles. The van der Waals surface area contributed by atoms with Crippen LogP contribution in [0.3, 0.4) is 0 Å². The van der Waals surface area contributed by atoms with Gasteiger partial charge in [-0.2, -0.15) is 0 Å². The molecule has 0 rings (SSSR count). The monoisotopic (exact) mass is 170 g/mol. The van der Waals surface area contributed by atoms with Crippen LogP contribution in [0, 0.1) is 11.8 Å². The topological polar surface area (TPSA) is 18.5 Å². The third-order valence-corrected chi connectivity index (χ3v) is 0.921. The molecule has 0 atom stereocenters. The van der Waals surface area contributed by atoms with E-state index in [1.807, 2.05) is 27.7 Å². The molecule has 0 unspecified atom stereocenters. The molecular formula is C10H18O2. The SMILES string of the molecule is CCC#CCCOOC(C)(C)C. The van der Waals surface area contributed by atoms with Gasteiger partial charge in [-0.25, -0.2) is 9.78 Å². The number of rotatable bonds is 3. The fraction of sp³-hybridized carbons (Fsp3) is 0.800. The van der Waals surface area contributed by atoms with E-state index >= 15 is 0 Å². The van der Waals surface area contributed by atoms with Crippen LogP contribution in [0.5, 0.6) is 0 Å². The fourth-order valence-corrected chi connectivity index (χ4v) is 0.525. The van der Waals surface area contributed by atoms with Crippen LogP contribution in [0.1, 0.15) is 40.5 Å². The van der Waals surface area contributed by atoms with Gasteiger partial charge in [0.15, 0.2) is 0 Å². The minimum atomic E-state index is -0.224. The Morgan fingerprint density at radius 3 is 2.33 bits per heavy atom. The van der Waals surface area contributed by atoms with Crippen molar-refractivity contribution < 1.29 is 9.78 Å². The van der Waals surface area contributed by atoms with Crippen molar-refractivity contribution in [3.8, 4) is 11.8 Å². The summed E-state index contributed by atoms with van der Waals surface area (Å²) in [6.45, 7) is 8.42. The van der Waals surface area contributed by atoms with Crippen LogP contribution in [0.25, 0.3) is 0 Å². The maximum absolute atomic E-state index is 5.04. The first-order valence-electron chi connectivity index (χ1n) is 4.32. The van der Waals surface area contributed by atoms with E-state index in [1.54, 1.807) is 0 Å². The van der Waals surface area contributed by atoms with Crippen molar-refractivity contribution in [3.63, 3.8) is 0 Å². The molecule has 0 spiro atoms. The van der Waals surface area contributed by atoms with Crippen molar-refractivity contribution in [2.75, 3.05) is 6.61 Å². The first-order chi connectivity index (χ1) is 5.56. The molecule has 0 radical (unpaired) electrons. The van der Waals surface area contributed by atoms with Crippen molar-refractivity contribution in [2.45, 2.75) is 46.1 Å². The molecule has 0 heterocycles. The molecule has 0 aliphatic heterocycles. The van der Waals surface area contributed by atoms with Crippen LogP contribution in [-0.4, -0.2) is 12.2 Å². The van der Waals surface area contributed by atoms with Gasteiger partial charge < -0.3 is 0 Å². The van der Waals surface area contributed by atoms with E-state index in [0.717, 1.165) is 12.8 Å². The normalized spacial score (nSPS) is 10.7. The highest BCUT2D eigenvalue weighted by Gasteiger charge is 2.10. The van der Waals surface area contributed by atoms with Crippen molar-refractivity contribution in [1.29, 1.82) is 0 Å². The molecule has 2 heteroatoms. The van der Waals surface area contributed by atoms with Gasteiger partial charge in [0.2, 0.25) is 0 Å². The summed E-state index contributed by atoms with van der Waals surface area (Å²) in [4.78, 5) is 9.98. The first-order valence-corrected chi connectivity index (χ1v) is 4.32. The molecule has 12 heavy (non-hydrogen) atoms. The van der Waals surface area contributed by atoms with Gasteiger partial charge in [-0.3, -0.25) is 0 Å². The number of hydrogen-bond acceptors (Lipinski definition) is 2. The predicted octanol–water partition coefficient (Wildman–Crippen LogP) is 2.54. The van der Waals surface area contributed by atoms with Crippen molar-refractivity contribution >= 4 is 0 Å². The van der Waals surface area contributed by atoms with Gasteiger partial charge in [-0.05, 0) is 20.8 Å². The van der Waals surface area contributed by atoms with Gasteiger partial charge in [0.1, 0.15) is 0 Å². The molecule has 0 saturated heterocycles. The molecule has 0 aromatic carbocycles. The second-order valence-corrected chi connectivity index (χ2v) is 3.47. The Bertz CT molecular complexity index is 157. The van der Waals surface area contributed by atoms with Crippen LogP contribution in [0.2, 0.25) is 0 Å². The molecule has 70 valence electrons. The Balaban J connectivity index is 3.22. The second kappa shape index (κ2) is 6.05. The van der Waals surface area contributed by atoms with Gasteiger partial charge in [-0.15, -0.1) is 11.8 Å². The molecule has 0 aromatic rings. The van der Waals surface area contributed by atoms with Crippen LogP contribution in [0.4, 0.5) is 0 Å². The average Bonchev–Trinajstić information content (AvgIpc) is 1.94. The summed E-state index contributed by atoms with van der Waals surface area (Å²) >= 11 is 0. The zero-order valence-electron chi connectivity index (χ0n) is 8.44. The molecule has 0 saturated carbocycles. The molecule has 2 nitrogen and oxygen atoms in total. The largest absolute Gasteiger partial charge is 0.235 e. The predicted molar refractivity (Wildman–Crippen MR) is 49.5 cm³/mol. The standard InChI is InChI=1S/C10H18O2/c1-5-6-7-8-9-11-12-10(2,3)4/h5,8-9H2,1-4H3. The molecule has 0 fully saturated rings. The highest BCUT2D eigenvalue weighted by atomic mass is 17.2. The third kappa shape index (κ3) is 9.48. The van der Waals surface area contributed by atoms with Crippen LogP contribution in [-0.2, 0) is 9.78 Å². The highest BCUT2D eigenvalue weighted by Crippen LogP contribution is 2.06. The molecule has 0 aliphatic carbocycles. The minimum absolute atomic E-state index is 0.224. The molecular weight excluding hydrogens is 152 g/mol. The van der Waals surface area contributed by atoms with Crippen LogP contribution >= 0.6 is 0 Å². The Morgan fingerprint density at radius 2 is 1.83 bits per heavy atom. The van der Waals surface area contributed by atoms with E-state index in [1.165, 1.54) is 0 Å². The van der Waals surface area contributed by atoms with E-state index in [0.29, 0.717) is 6.61 Å². The summed E-state index contributed by atoms with van der Waals surface area (Å²) in [5.74, 6) is 5.93. The highest BCUT2D eigenvalue weighted by molar-refractivity contribution is 4.97.